The average Bonchev–Trinajstić information content (AvgIpc) is 3.43. The van der Waals surface area contributed by atoms with Crippen molar-refractivity contribution in [2.45, 2.75) is 44.5 Å². The van der Waals surface area contributed by atoms with E-state index in [2.05, 4.69) is 4.98 Å². The van der Waals surface area contributed by atoms with Crippen molar-refractivity contribution in [1.82, 2.24) is 9.55 Å². The Kier molecular flexibility index (Phi) is 8.57. The van der Waals surface area contributed by atoms with Gasteiger partial charge >= 0.3 is 5.69 Å². The molecule has 1 N–H and O–H groups in total. The van der Waals surface area contributed by atoms with Gasteiger partial charge in [-0.15, -0.1) is 0 Å². The molecule has 0 unspecified atom stereocenters. The molecular weight excluding hydrogens is 578 g/mol. The Bertz CT molecular complexity index is 1730. The molecule has 11 heteroatoms. The third-order valence-electron chi connectivity index (χ3n) is 8.31. The Balaban J connectivity index is 1.45. The number of hydrogen-bond acceptors (Lipinski definition) is 8. The summed E-state index contributed by atoms with van der Waals surface area (Å²) in [7, 11) is 1.61. The zero-order valence-electron chi connectivity index (χ0n) is 25.3. The topological polar surface area (TPSA) is 127 Å². The fourth-order valence-electron chi connectivity index (χ4n) is 6.19. The SMILES string of the molecule is CCO[C@H]1C[C@@H]2C(=[N+]([O-])O1)[C@@H](COC(c1ccccc1)(c1ccccc1)c1ccc(OC)cc1)O[C@H]2n1cc(C)c(=O)[nH]c1=O. The summed E-state index contributed by atoms with van der Waals surface area (Å²) < 4.78 is 25.9. The molecule has 0 amide bonds. The summed E-state index contributed by atoms with van der Waals surface area (Å²) in [6.45, 7) is 3.66. The highest BCUT2D eigenvalue weighted by Crippen LogP contribution is 2.43. The molecule has 3 aromatic carbocycles. The van der Waals surface area contributed by atoms with E-state index in [1.54, 1.807) is 21.0 Å². The number of benzene rings is 3. The fourth-order valence-corrected chi connectivity index (χ4v) is 6.19. The second-order valence-electron chi connectivity index (χ2n) is 11.0. The molecule has 2 aliphatic rings. The molecule has 0 radical (unpaired) electrons. The molecule has 6 rings (SSSR count). The lowest BCUT2D eigenvalue weighted by atomic mass is 9.80. The summed E-state index contributed by atoms with van der Waals surface area (Å²) in [5.74, 6) is 0.106. The highest BCUT2D eigenvalue weighted by molar-refractivity contribution is 5.89. The molecule has 45 heavy (non-hydrogen) atoms. The first-order valence-electron chi connectivity index (χ1n) is 14.8. The Hall–Kier alpha value is -4.71. The minimum atomic E-state index is -1.12. The largest absolute Gasteiger partial charge is 0.497 e. The van der Waals surface area contributed by atoms with Crippen LogP contribution >= 0.6 is 0 Å². The number of ether oxygens (including phenoxy) is 4. The molecule has 1 saturated heterocycles. The Labute approximate surface area is 259 Å². The third-order valence-corrected chi connectivity index (χ3v) is 8.31. The Morgan fingerprint density at radius 1 is 0.978 bits per heavy atom. The first-order valence-corrected chi connectivity index (χ1v) is 14.8. The predicted molar refractivity (Wildman–Crippen MR) is 165 cm³/mol. The van der Waals surface area contributed by atoms with Crippen molar-refractivity contribution in [2.75, 3.05) is 20.3 Å². The summed E-state index contributed by atoms with van der Waals surface area (Å²) in [6, 6.07) is 27.3. The van der Waals surface area contributed by atoms with E-state index >= 15 is 0 Å². The molecule has 4 aromatic rings. The highest BCUT2D eigenvalue weighted by Gasteiger charge is 2.54. The molecule has 234 valence electrons. The number of methoxy groups -OCH3 is 1. The summed E-state index contributed by atoms with van der Waals surface area (Å²) in [6.07, 6.45) is -0.941. The quantitative estimate of drug-likeness (QED) is 0.210. The van der Waals surface area contributed by atoms with Crippen LogP contribution in [0.3, 0.4) is 0 Å². The summed E-state index contributed by atoms with van der Waals surface area (Å²) in [5.41, 5.74) is 0.914. The van der Waals surface area contributed by atoms with E-state index in [-0.39, 0.29) is 18.7 Å². The van der Waals surface area contributed by atoms with Crippen molar-refractivity contribution < 1.29 is 28.7 Å². The van der Waals surface area contributed by atoms with E-state index in [0.717, 1.165) is 16.7 Å². The smallest absolute Gasteiger partial charge is 0.330 e. The summed E-state index contributed by atoms with van der Waals surface area (Å²) in [5, 5.41) is 13.4. The summed E-state index contributed by atoms with van der Waals surface area (Å²) >= 11 is 0. The van der Waals surface area contributed by atoms with Gasteiger partial charge in [-0.3, -0.25) is 19.6 Å². The second kappa shape index (κ2) is 12.7. The van der Waals surface area contributed by atoms with Gasteiger partial charge in [-0.2, -0.15) is 0 Å². The van der Waals surface area contributed by atoms with Crippen LogP contribution in [0.25, 0.3) is 0 Å². The summed E-state index contributed by atoms with van der Waals surface area (Å²) in [4.78, 5) is 33.5. The molecule has 0 bridgehead atoms. The second-order valence-corrected chi connectivity index (χ2v) is 11.0. The zero-order chi connectivity index (χ0) is 31.6. The molecule has 3 heterocycles. The van der Waals surface area contributed by atoms with Crippen molar-refractivity contribution in [3.8, 4) is 5.75 Å². The number of fused-ring (bicyclic) bond motifs is 1. The van der Waals surface area contributed by atoms with Gasteiger partial charge in [0.1, 0.15) is 11.4 Å². The van der Waals surface area contributed by atoms with Crippen LogP contribution in [-0.2, 0) is 24.6 Å². The van der Waals surface area contributed by atoms with Crippen molar-refractivity contribution in [3.63, 3.8) is 0 Å². The van der Waals surface area contributed by atoms with Crippen LogP contribution in [0.4, 0.5) is 0 Å². The molecular formula is C34H35N3O8. The Morgan fingerprint density at radius 2 is 1.60 bits per heavy atom. The van der Waals surface area contributed by atoms with Gasteiger partial charge in [0.2, 0.25) is 0 Å². The van der Waals surface area contributed by atoms with E-state index < -0.39 is 41.4 Å². The number of hydrogen-bond donors (Lipinski definition) is 1. The number of aromatic nitrogens is 2. The molecule has 1 fully saturated rings. The van der Waals surface area contributed by atoms with Gasteiger partial charge in [0.25, 0.3) is 11.3 Å². The molecule has 0 saturated carbocycles. The van der Waals surface area contributed by atoms with Gasteiger partial charge in [0.15, 0.2) is 18.6 Å². The first-order chi connectivity index (χ1) is 21.8. The van der Waals surface area contributed by atoms with Crippen molar-refractivity contribution in [1.29, 1.82) is 0 Å². The number of nitrogens with zero attached hydrogens (tertiary/aromatic N) is 2. The molecule has 4 atom stereocenters. The maximum absolute atomic E-state index is 13.4. The third kappa shape index (κ3) is 5.66. The zero-order valence-corrected chi connectivity index (χ0v) is 25.3. The maximum atomic E-state index is 13.4. The number of aromatic amines is 1. The minimum absolute atomic E-state index is 0.0728. The lowest BCUT2D eigenvalue weighted by Crippen LogP contribution is -2.44. The minimum Gasteiger partial charge on any atom is -0.497 e. The maximum Gasteiger partial charge on any atom is 0.330 e. The van der Waals surface area contributed by atoms with Gasteiger partial charge in [-0.25, -0.2) is 4.79 Å². The van der Waals surface area contributed by atoms with Crippen LogP contribution in [0.2, 0.25) is 0 Å². The molecule has 11 nitrogen and oxygen atoms in total. The normalized spacial score (nSPS) is 21.3. The van der Waals surface area contributed by atoms with Gasteiger partial charge in [0.05, 0.1) is 19.6 Å². The van der Waals surface area contributed by atoms with E-state index in [9.17, 15) is 14.8 Å². The lowest BCUT2D eigenvalue weighted by Gasteiger charge is -2.36. The van der Waals surface area contributed by atoms with Crippen molar-refractivity contribution >= 4 is 5.71 Å². The molecule has 2 aliphatic heterocycles. The van der Waals surface area contributed by atoms with Gasteiger partial charge in [0, 0.05) is 29.7 Å². The monoisotopic (exact) mass is 613 g/mol. The number of H-pyrrole nitrogens is 1. The number of rotatable bonds is 10. The standard InChI is InChI=1S/C34H35N3O8/c1-4-42-29-19-27-30(37(40)45-29)28(44-32(27)36-20-22(2)31(38)35-33(36)39)21-43-34(23-11-7-5-8-12-23,24-13-9-6-10-14-24)25-15-17-26(41-3)18-16-25/h5-18,20,27-29,32H,4,19,21H2,1-3H3,(H,35,38,39)/t27-,28-,29-,32-/m1/s1. The van der Waals surface area contributed by atoms with Crippen LogP contribution in [0.5, 0.6) is 5.75 Å². The average molecular weight is 614 g/mol. The van der Waals surface area contributed by atoms with Crippen molar-refractivity contribution in [2.24, 2.45) is 5.92 Å². The van der Waals surface area contributed by atoms with Crippen molar-refractivity contribution in [3.05, 3.63) is 139 Å². The van der Waals surface area contributed by atoms with Crippen LogP contribution in [0, 0.1) is 18.0 Å². The van der Waals surface area contributed by atoms with E-state index in [1.807, 2.05) is 84.9 Å². The molecule has 0 aliphatic carbocycles. The van der Waals surface area contributed by atoms with Crippen LogP contribution < -0.4 is 16.0 Å². The van der Waals surface area contributed by atoms with Crippen LogP contribution in [0.15, 0.2) is 101 Å². The fraction of sp³-hybridized carbons (Fsp3) is 0.324. The van der Waals surface area contributed by atoms with Crippen LogP contribution in [0.1, 0.15) is 41.8 Å². The first kappa shape index (κ1) is 30.3. The van der Waals surface area contributed by atoms with Gasteiger partial charge in [-0.1, -0.05) is 72.8 Å². The van der Waals surface area contributed by atoms with Gasteiger partial charge in [-0.05, 0) is 42.7 Å². The lowest BCUT2D eigenvalue weighted by molar-refractivity contribution is -0.773. The van der Waals surface area contributed by atoms with E-state index in [0.29, 0.717) is 22.8 Å². The molecule has 0 spiro atoms. The van der Waals surface area contributed by atoms with Crippen LogP contribution in [-0.4, -0.2) is 52.9 Å². The molecule has 1 aromatic heterocycles. The van der Waals surface area contributed by atoms with E-state index in [1.165, 1.54) is 10.8 Å². The number of nitrogens with one attached hydrogen (secondary N) is 1. The van der Waals surface area contributed by atoms with E-state index in [4.69, 9.17) is 23.8 Å². The Morgan fingerprint density at radius 3 is 2.20 bits per heavy atom. The predicted octanol–water partition coefficient (Wildman–Crippen LogP) is 4.03. The highest BCUT2D eigenvalue weighted by atomic mass is 16.9. The van der Waals surface area contributed by atoms with Gasteiger partial charge < -0.3 is 23.8 Å². The number of aryl methyl sites for hydroxylation is 1.